The number of carbonyl (C=O) groups is 2. The van der Waals surface area contributed by atoms with Crippen molar-refractivity contribution >= 4 is 11.9 Å². The van der Waals surface area contributed by atoms with Crippen LogP contribution >= 0.6 is 0 Å². The summed E-state index contributed by atoms with van der Waals surface area (Å²) in [5, 5.41) is 14.9. The Morgan fingerprint density at radius 3 is 2.47 bits per heavy atom. The molecular weight excluding hydrogens is 200 g/mol. The molecule has 1 fully saturated rings. The molecule has 2 unspecified atom stereocenters. The minimum Gasteiger partial charge on any atom is -0.450 e. The Bertz CT molecular complexity index is 250. The Morgan fingerprint density at radius 2 is 2.13 bits per heavy atom. The van der Waals surface area contributed by atoms with Gasteiger partial charge in [-0.15, -0.1) is 0 Å². The highest BCUT2D eigenvalue weighted by molar-refractivity contribution is 5.84. The van der Waals surface area contributed by atoms with E-state index in [4.69, 9.17) is 4.74 Å². The Balaban J connectivity index is 2.46. The molecule has 0 spiro atoms. The Morgan fingerprint density at radius 1 is 1.53 bits per heavy atom. The van der Waals surface area contributed by atoms with Gasteiger partial charge in [0.15, 0.2) is 0 Å². The maximum atomic E-state index is 11.5. The van der Waals surface area contributed by atoms with E-state index in [1.807, 2.05) is 0 Å². The molecule has 0 aromatic carbocycles. The minimum absolute atomic E-state index is 0.0642. The van der Waals surface area contributed by atoms with Gasteiger partial charge in [0.1, 0.15) is 0 Å². The number of rotatable bonds is 4. The fraction of sp³-hybridized carbons (Fsp3) is 0.778. The van der Waals surface area contributed by atoms with Crippen LogP contribution in [0.2, 0.25) is 0 Å². The molecule has 6 heteroatoms. The van der Waals surface area contributed by atoms with Crippen LogP contribution in [0.5, 0.6) is 0 Å². The molecule has 3 N–H and O–H groups in total. The quantitative estimate of drug-likeness (QED) is 0.492. The summed E-state index contributed by atoms with van der Waals surface area (Å²) < 4.78 is 4.72. The molecule has 1 rings (SSSR count). The number of hydrogen-bond acceptors (Lipinski definition) is 5. The second-order valence-electron chi connectivity index (χ2n) is 3.63. The third-order valence-electron chi connectivity index (χ3n) is 2.12. The second kappa shape index (κ2) is 5.09. The van der Waals surface area contributed by atoms with E-state index in [1.54, 1.807) is 0 Å². The van der Waals surface area contributed by atoms with Crippen molar-refractivity contribution in [1.82, 2.24) is 10.6 Å². The summed E-state index contributed by atoms with van der Waals surface area (Å²) in [4.78, 5) is 22.3. The van der Waals surface area contributed by atoms with E-state index in [9.17, 15) is 14.7 Å². The fourth-order valence-corrected chi connectivity index (χ4v) is 1.22. The average molecular weight is 216 g/mol. The summed E-state index contributed by atoms with van der Waals surface area (Å²) in [5.74, 6) is -1.03. The van der Waals surface area contributed by atoms with Gasteiger partial charge in [-0.2, -0.15) is 0 Å². The lowest BCUT2D eigenvalue weighted by atomic mass is 10.1. The summed E-state index contributed by atoms with van der Waals surface area (Å²) in [6.07, 6.45) is -2.13. The van der Waals surface area contributed by atoms with Crippen LogP contribution in [-0.2, 0) is 14.3 Å². The van der Waals surface area contributed by atoms with Gasteiger partial charge in [-0.25, -0.2) is 0 Å². The van der Waals surface area contributed by atoms with Gasteiger partial charge in [0.25, 0.3) is 5.91 Å². The van der Waals surface area contributed by atoms with Crippen molar-refractivity contribution in [1.29, 1.82) is 0 Å². The van der Waals surface area contributed by atoms with Crippen molar-refractivity contribution in [2.45, 2.75) is 32.1 Å². The molecule has 0 aromatic heterocycles. The topological polar surface area (TPSA) is 87.7 Å². The smallest absolute Gasteiger partial charge is 0.303 e. The zero-order chi connectivity index (χ0) is 11.4. The van der Waals surface area contributed by atoms with Crippen LogP contribution in [0.4, 0.5) is 0 Å². The van der Waals surface area contributed by atoms with Crippen LogP contribution in [0.25, 0.3) is 0 Å². The van der Waals surface area contributed by atoms with Gasteiger partial charge in [-0.05, 0) is 6.92 Å². The number of hydrogen-bond donors (Lipinski definition) is 3. The Labute approximate surface area is 88.0 Å². The molecule has 1 heterocycles. The van der Waals surface area contributed by atoms with Crippen molar-refractivity contribution in [3.05, 3.63) is 0 Å². The monoisotopic (exact) mass is 216 g/mol. The van der Waals surface area contributed by atoms with Gasteiger partial charge in [0.05, 0.1) is 12.1 Å². The van der Waals surface area contributed by atoms with E-state index in [1.165, 1.54) is 13.8 Å². The van der Waals surface area contributed by atoms with Gasteiger partial charge in [0.2, 0.25) is 6.10 Å². The molecule has 6 nitrogen and oxygen atoms in total. The first-order valence-electron chi connectivity index (χ1n) is 4.87. The van der Waals surface area contributed by atoms with E-state index in [2.05, 4.69) is 10.6 Å². The van der Waals surface area contributed by atoms with Crippen molar-refractivity contribution < 1.29 is 19.4 Å². The summed E-state index contributed by atoms with van der Waals surface area (Å²) in [5.41, 5.74) is 0. The number of esters is 1. The molecule has 0 bridgehead atoms. The van der Waals surface area contributed by atoms with Crippen LogP contribution in [0.3, 0.4) is 0 Å². The molecule has 15 heavy (non-hydrogen) atoms. The highest BCUT2D eigenvalue weighted by atomic mass is 16.6. The van der Waals surface area contributed by atoms with E-state index in [-0.39, 0.29) is 6.04 Å². The number of aliphatic hydroxyl groups is 1. The fourth-order valence-electron chi connectivity index (χ4n) is 1.22. The molecule has 1 saturated heterocycles. The lowest BCUT2D eigenvalue weighted by Gasteiger charge is -2.30. The highest BCUT2D eigenvalue weighted by Crippen LogP contribution is 2.02. The van der Waals surface area contributed by atoms with Crippen LogP contribution in [-0.4, -0.2) is 48.3 Å². The number of amides is 1. The van der Waals surface area contributed by atoms with Crippen LogP contribution in [0.1, 0.15) is 13.8 Å². The first kappa shape index (κ1) is 11.9. The van der Waals surface area contributed by atoms with Gasteiger partial charge in [-0.1, -0.05) is 0 Å². The van der Waals surface area contributed by atoms with Gasteiger partial charge >= 0.3 is 5.97 Å². The first-order valence-corrected chi connectivity index (χ1v) is 4.87. The van der Waals surface area contributed by atoms with Crippen molar-refractivity contribution in [2.75, 3.05) is 13.1 Å². The van der Waals surface area contributed by atoms with E-state index in [0.717, 1.165) is 0 Å². The van der Waals surface area contributed by atoms with Crippen molar-refractivity contribution in [3.63, 3.8) is 0 Å². The standard InChI is InChI=1S/C9H16N2O4/c1-5(12)8(15-6(2)13)9(14)11-7-3-10-4-7/h5,7-8,10,12H,3-4H2,1-2H3,(H,11,14). The first-order chi connectivity index (χ1) is 7.00. The molecule has 1 aliphatic heterocycles. The lowest BCUT2D eigenvalue weighted by molar-refractivity contribution is -0.160. The second-order valence-corrected chi connectivity index (χ2v) is 3.63. The molecule has 0 saturated carbocycles. The predicted molar refractivity (Wildman–Crippen MR) is 52.0 cm³/mol. The maximum absolute atomic E-state index is 11.5. The SMILES string of the molecule is CC(=O)OC(C(=O)NC1CNC1)C(C)O. The van der Waals surface area contributed by atoms with Gasteiger partial charge in [-0.3, -0.25) is 9.59 Å². The largest absolute Gasteiger partial charge is 0.450 e. The zero-order valence-electron chi connectivity index (χ0n) is 8.82. The molecule has 1 amide bonds. The van der Waals surface area contributed by atoms with Gasteiger partial charge in [0, 0.05) is 20.0 Å². The van der Waals surface area contributed by atoms with Crippen LogP contribution in [0, 0.1) is 0 Å². The van der Waals surface area contributed by atoms with Crippen LogP contribution in [0.15, 0.2) is 0 Å². The maximum Gasteiger partial charge on any atom is 0.303 e. The minimum atomic E-state index is -1.12. The van der Waals surface area contributed by atoms with E-state index >= 15 is 0 Å². The third-order valence-corrected chi connectivity index (χ3v) is 2.12. The number of ether oxygens (including phenoxy) is 1. The lowest BCUT2D eigenvalue weighted by Crippen LogP contribution is -2.59. The summed E-state index contributed by atoms with van der Waals surface area (Å²) in [6.45, 7) is 4.02. The molecule has 86 valence electrons. The zero-order valence-corrected chi connectivity index (χ0v) is 8.82. The van der Waals surface area contributed by atoms with E-state index < -0.39 is 24.1 Å². The number of aliphatic hydroxyl groups excluding tert-OH is 1. The molecule has 0 aliphatic carbocycles. The third kappa shape index (κ3) is 3.49. The van der Waals surface area contributed by atoms with E-state index in [0.29, 0.717) is 13.1 Å². The van der Waals surface area contributed by atoms with Gasteiger partial charge < -0.3 is 20.5 Å². The number of carbonyl (C=O) groups excluding carboxylic acids is 2. The highest BCUT2D eigenvalue weighted by Gasteiger charge is 2.29. The van der Waals surface area contributed by atoms with Crippen molar-refractivity contribution in [2.24, 2.45) is 0 Å². The normalized spacial score (nSPS) is 19.9. The van der Waals surface area contributed by atoms with Crippen LogP contribution < -0.4 is 10.6 Å². The molecule has 0 radical (unpaired) electrons. The molecule has 2 atom stereocenters. The summed E-state index contributed by atoms with van der Waals surface area (Å²) in [6, 6.07) is 0.0642. The number of nitrogens with one attached hydrogen (secondary N) is 2. The summed E-state index contributed by atoms with van der Waals surface area (Å²) in [7, 11) is 0. The molecule has 1 aliphatic rings. The average Bonchev–Trinajstić information content (AvgIpc) is 2.06. The van der Waals surface area contributed by atoms with Crippen molar-refractivity contribution in [3.8, 4) is 0 Å². The predicted octanol–water partition coefficient (Wildman–Crippen LogP) is -1.61. The molecule has 0 aromatic rings. The molecular formula is C9H16N2O4. The summed E-state index contributed by atoms with van der Waals surface area (Å²) >= 11 is 0. The Hall–Kier alpha value is -1.14. The Kier molecular flexibility index (Phi) is 4.05.